The average molecular weight is 389 g/mol. The first-order valence-electron chi connectivity index (χ1n) is 11.4. The quantitative estimate of drug-likeness (QED) is 0.262. The summed E-state index contributed by atoms with van der Waals surface area (Å²) >= 11 is 0. The molecule has 27 heavy (non-hydrogen) atoms. The number of Topliss-reactive ketones (excluding diaryl/α,β-unsaturated/α-hetero) is 1. The fraction of sp³-hybridized carbons (Fsp3) is 0.708. The van der Waals surface area contributed by atoms with E-state index in [1.54, 1.807) is 0 Å². The second kappa shape index (κ2) is 11.8. The molecular formula is C24H40O2Si. The normalized spacial score (nSPS) is 20.1. The van der Waals surface area contributed by atoms with E-state index in [2.05, 4.69) is 20.8 Å². The van der Waals surface area contributed by atoms with Gasteiger partial charge >= 0.3 is 0 Å². The summed E-state index contributed by atoms with van der Waals surface area (Å²) in [5, 5.41) is 0. The summed E-state index contributed by atoms with van der Waals surface area (Å²) in [5.41, 5.74) is 0.801. The Morgan fingerprint density at radius 1 is 0.926 bits per heavy atom. The largest absolute Gasteiger partial charge is 0.367 e. The Morgan fingerprint density at radius 2 is 1.48 bits per heavy atom. The molecule has 0 saturated carbocycles. The van der Waals surface area contributed by atoms with Gasteiger partial charge in [-0.1, -0.05) is 108 Å². The molecule has 0 bridgehead atoms. The zero-order chi connectivity index (χ0) is 19.5. The van der Waals surface area contributed by atoms with Crippen LogP contribution in [0.15, 0.2) is 30.3 Å². The number of hydrogen-bond donors (Lipinski definition) is 0. The van der Waals surface area contributed by atoms with Gasteiger partial charge in [0, 0.05) is 5.56 Å². The maximum atomic E-state index is 12.8. The predicted octanol–water partition coefficient (Wildman–Crippen LogP) is 7.27. The molecule has 1 saturated heterocycles. The van der Waals surface area contributed by atoms with Crippen molar-refractivity contribution in [3.05, 3.63) is 35.9 Å². The molecular weight excluding hydrogens is 348 g/mol. The zero-order valence-electron chi connectivity index (χ0n) is 17.8. The Labute approximate surface area is 168 Å². The topological polar surface area (TPSA) is 26.3 Å². The van der Waals surface area contributed by atoms with Crippen LogP contribution in [0, 0.1) is 0 Å². The van der Waals surface area contributed by atoms with Crippen LogP contribution in [-0.4, -0.2) is 26.1 Å². The maximum absolute atomic E-state index is 12.8. The Kier molecular flexibility index (Phi) is 9.78. The highest BCUT2D eigenvalue weighted by Crippen LogP contribution is 2.37. The second-order valence-corrected chi connectivity index (χ2v) is 13.5. The van der Waals surface area contributed by atoms with E-state index in [4.69, 9.17) is 4.74 Å². The van der Waals surface area contributed by atoms with Crippen LogP contribution in [0.5, 0.6) is 0 Å². The molecule has 2 atom stereocenters. The SMILES string of the molecule is CCCC[Si](CCCC)(CCCC)C[C@@H]1CC[C@@H](C(=O)c2ccccc2)O1. The fourth-order valence-electron chi connectivity index (χ4n) is 4.66. The minimum absolute atomic E-state index is 0.182. The van der Waals surface area contributed by atoms with Gasteiger partial charge in [0.05, 0.1) is 14.2 Å². The van der Waals surface area contributed by atoms with Gasteiger partial charge in [-0.05, 0) is 18.9 Å². The molecule has 0 spiro atoms. The Hall–Kier alpha value is -0.933. The summed E-state index contributed by atoms with van der Waals surface area (Å²) in [7, 11) is -1.30. The number of carbonyl (C=O) groups excluding carboxylic acids is 1. The molecule has 1 aliphatic heterocycles. The van der Waals surface area contributed by atoms with Crippen LogP contribution in [0.3, 0.4) is 0 Å². The summed E-state index contributed by atoms with van der Waals surface area (Å²) < 4.78 is 6.36. The van der Waals surface area contributed by atoms with Gasteiger partial charge in [-0.3, -0.25) is 4.79 Å². The lowest BCUT2D eigenvalue weighted by Crippen LogP contribution is -2.38. The standard InChI is InChI=1S/C24H40O2Si/c1-4-7-17-27(18-8-5-2,19-9-6-3)20-22-15-16-23(26-22)24(25)21-13-11-10-12-14-21/h10-14,22-23H,4-9,15-20H2,1-3H3/t22-,23-/m0/s1. The number of rotatable bonds is 13. The first-order valence-corrected chi connectivity index (χ1v) is 14.2. The number of benzene rings is 1. The van der Waals surface area contributed by atoms with Gasteiger partial charge in [0.2, 0.25) is 0 Å². The fourth-order valence-corrected chi connectivity index (χ4v) is 10.6. The van der Waals surface area contributed by atoms with E-state index in [0.29, 0.717) is 6.10 Å². The van der Waals surface area contributed by atoms with Crippen molar-refractivity contribution in [1.82, 2.24) is 0 Å². The first-order chi connectivity index (χ1) is 13.1. The van der Waals surface area contributed by atoms with Crippen molar-refractivity contribution in [3.8, 4) is 0 Å². The number of unbranched alkanes of at least 4 members (excludes halogenated alkanes) is 3. The van der Waals surface area contributed by atoms with E-state index in [0.717, 1.165) is 18.4 Å². The molecule has 0 amide bonds. The number of ketones is 1. The third-order valence-electron chi connectivity index (χ3n) is 6.30. The third kappa shape index (κ3) is 6.87. The predicted molar refractivity (Wildman–Crippen MR) is 118 cm³/mol. The molecule has 0 aliphatic carbocycles. The van der Waals surface area contributed by atoms with Gasteiger partial charge < -0.3 is 4.74 Å². The highest BCUT2D eigenvalue weighted by molar-refractivity contribution is 6.80. The Morgan fingerprint density at radius 3 is 2.00 bits per heavy atom. The van der Waals surface area contributed by atoms with Crippen LogP contribution in [0.25, 0.3) is 0 Å². The van der Waals surface area contributed by atoms with Gasteiger partial charge in [-0.25, -0.2) is 0 Å². The van der Waals surface area contributed by atoms with E-state index in [1.807, 2.05) is 30.3 Å². The van der Waals surface area contributed by atoms with Crippen molar-refractivity contribution >= 4 is 13.9 Å². The van der Waals surface area contributed by atoms with E-state index < -0.39 is 8.07 Å². The van der Waals surface area contributed by atoms with E-state index >= 15 is 0 Å². The monoisotopic (exact) mass is 388 g/mol. The highest BCUT2D eigenvalue weighted by atomic mass is 28.3. The third-order valence-corrected chi connectivity index (χ3v) is 11.9. The summed E-state index contributed by atoms with van der Waals surface area (Å²) in [4.78, 5) is 12.8. The Balaban J connectivity index is 2.02. The van der Waals surface area contributed by atoms with Crippen molar-refractivity contribution in [2.75, 3.05) is 0 Å². The first kappa shape index (κ1) is 22.4. The van der Waals surface area contributed by atoms with Crippen LogP contribution in [-0.2, 0) is 4.74 Å². The molecule has 0 unspecified atom stereocenters. The second-order valence-electron chi connectivity index (χ2n) is 8.57. The summed E-state index contributed by atoms with van der Waals surface area (Å²) in [6.07, 6.45) is 10.1. The van der Waals surface area contributed by atoms with Crippen LogP contribution in [0.2, 0.25) is 24.2 Å². The van der Waals surface area contributed by atoms with Crippen molar-refractivity contribution < 1.29 is 9.53 Å². The molecule has 1 fully saturated rings. The lowest BCUT2D eigenvalue weighted by molar-refractivity contribution is 0.0428. The van der Waals surface area contributed by atoms with Crippen LogP contribution >= 0.6 is 0 Å². The summed E-state index contributed by atoms with van der Waals surface area (Å²) in [5.74, 6) is 0.182. The maximum Gasteiger partial charge on any atom is 0.191 e. The molecule has 1 aliphatic rings. The van der Waals surface area contributed by atoms with Crippen molar-refractivity contribution in [3.63, 3.8) is 0 Å². The van der Waals surface area contributed by atoms with Gasteiger partial charge in [0.25, 0.3) is 0 Å². The summed E-state index contributed by atoms with van der Waals surface area (Å²) in [6.45, 7) is 6.96. The van der Waals surface area contributed by atoms with E-state index in [-0.39, 0.29) is 11.9 Å². The molecule has 1 aromatic carbocycles. The lowest BCUT2D eigenvalue weighted by Gasteiger charge is -2.34. The average Bonchev–Trinajstić information content (AvgIpc) is 3.17. The van der Waals surface area contributed by atoms with Gasteiger partial charge in [0.15, 0.2) is 5.78 Å². The highest BCUT2D eigenvalue weighted by Gasteiger charge is 2.38. The minimum atomic E-state index is -1.30. The van der Waals surface area contributed by atoms with Gasteiger partial charge in [0.1, 0.15) is 6.10 Å². The molecule has 2 nitrogen and oxygen atoms in total. The minimum Gasteiger partial charge on any atom is -0.367 e. The molecule has 1 aromatic rings. The number of ether oxygens (including phenoxy) is 1. The molecule has 1 heterocycles. The molecule has 152 valence electrons. The molecule has 0 radical (unpaired) electrons. The van der Waals surface area contributed by atoms with Gasteiger partial charge in [-0.15, -0.1) is 0 Å². The number of hydrogen-bond acceptors (Lipinski definition) is 2. The van der Waals surface area contributed by atoms with Crippen LogP contribution < -0.4 is 0 Å². The van der Waals surface area contributed by atoms with E-state index in [9.17, 15) is 4.79 Å². The van der Waals surface area contributed by atoms with Crippen LogP contribution in [0.4, 0.5) is 0 Å². The smallest absolute Gasteiger partial charge is 0.191 e. The molecule has 0 N–H and O–H groups in total. The zero-order valence-corrected chi connectivity index (χ0v) is 18.8. The lowest BCUT2D eigenvalue weighted by atomic mass is 10.0. The molecule has 0 aromatic heterocycles. The molecule has 2 rings (SSSR count). The van der Waals surface area contributed by atoms with E-state index in [1.165, 1.54) is 62.7 Å². The van der Waals surface area contributed by atoms with Crippen molar-refractivity contribution in [2.45, 2.75) is 109 Å². The van der Waals surface area contributed by atoms with Crippen LogP contribution in [0.1, 0.15) is 82.5 Å². The van der Waals surface area contributed by atoms with Gasteiger partial charge in [-0.2, -0.15) is 0 Å². The van der Waals surface area contributed by atoms with Crippen molar-refractivity contribution in [2.24, 2.45) is 0 Å². The summed E-state index contributed by atoms with van der Waals surface area (Å²) in [6, 6.07) is 15.3. The molecule has 3 heteroatoms. The number of carbonyl (C=O) groups is 1. The van der Waals surface area contributed by atoms with Crippen molar-refractivity contribution in [1.29, 1.82) is 0 Å². The Bertz CT molecular complexity index is 521.